The Bertz CT molecular complexity index is 840. The lowest BCUT2D eigenvalue weighted by atomic mass is 9.94. The summed E-state index contributed by atoms with van der Waals surface area (Å²) >= 11 is 0. The van der Waals surface area contributed by atoms with E-state index in [4.69, 9.17) is 0 Å². The van der Waals surface area contributed by atoms with E-state index in [1.807, 2.05) is 23.9 Å². The van der Waals surface area contributed by atoms with Crippen molar-refractivity contribution in [2.45, 2.75) is 52.1 Å². The molecule has 0 spiro atoms. The Labute approximate surface area is 162 Å². The number of amides is 1. The van der Waals surface area contributed by atoms with E-state index in [1.54, 1.807) is 0 Å². The van der Waals surface area contributed by atoms with Crippen molar-refractivity contribution in [2.24, 2.45) is 0 Å². The molecule has 1 saturated heterocycles. The molecule has 0 aliphatic carbocycles. The highest BCUT2D eigenvalue weighted by Crippen LogP contribution is 2.28. The highest BCUT2D eigenvalue weighted by atomic mass is 16.3. The van der Waals surface area contributed by atoms with Gasteiger partial charge in [0.15, 0.2) is 0 Å². The second-order valence-electron chi connectivity index (χ2n) is 8.61. The minimum Gasteiger partial charge on any atom is -0.388 e. The van der Waals surface area contributed by atoms with Gasteiger partial charge in [-0.3, -0.25) is 4.79 Å². The van der Waals surface area contributed by atoms with E-state index < -0.39 is 5.60 Å². The third kappa shape index (κ3) is 4.36. The molecular weight excluding hydrogens is 338 g/mol. The molecule has 5 nitrogen and oxygen atoms in total. The average molecular weight is 372 g/mol. The van der Waals surface area contributed by atoms with E-state index >= 15 is 0 Å². The van der Waals surface area contributed by atoms with Gasteiger partial charge in [-0.2, -0.15) is 0 Å². The molecule has 148 valence electrons. The number of nitrogens with one attached hydrogen (secondary N) is 1. The van der Waals surface area contributed by atoms with Gasteiger partial charge in [0.05, 0.1) is 12.0 Å². The van der Waals surface area contributed by atoms with Crippen molar-refractivity contribution >= 4 is 16.8 Å². The fourth-order valence-electron chi connectivity index (χ4n) is 4.50. The van der Waals surface area contributed by atoms with Gasteiger partial charge in [0.2, 0.25) is 5.91 Å². The van der Waals surface area contributed by atoms with Crippen LogP contribution in [0.3, 0.4) is 0 Å². The van der Waals surface area contributed by atoms with Crippen molar-refractivity contribution in [2.75, 3.05) is 33.7 Å². The number of carbonyl (C=O) groups is 1. The van der Waals surface area contributed by atoms with Crippen LogP contribution in [0, 0.1) is 20.8 Å². The number of aromatic amines is 1. The number of aromatic nitrogens is 1. The van der Waals surface area contributed by atoms with Crippen LogP contribution in [0.15, 0.2) is 12.1 Å². The van der Waals surface area contributed by atoms with Gasteiger partial charge in [0.1, 0.15) is 0 Å². The highest BCUT2D eigenvalue weighted by molar-refractivity contribution is 5.92. The lowest BCUT2D eigenvalue weighted by Gasteiger charge is -2.30. The van der Waals surface area contributed by atoms with Crippen molar-refractivity contribution in [1.82, 2.24) is 14.8 Å². The summed E-state index contributed by atoms with van der Waals surface area (Å²) in [5.41, 5.74) is 5.06. The number of likely N-dealkylation sites (tertiary alicyclic amines) is 1. The number of likely N-dealkylation sites (N-methyl/N-ethyl adjacent to an activating group) is 1. The summed E-state index contributed by atoms with van der Waals surface area (Å²) in [6, 6.07) is 4.34. The first-order valence-corrected chi connectivity index (χ1v) is 9.92. The zero-order valence-electron chi connectivity index (χ0n) is 17.4. The van der Waals surface area contributed by atoms with Crippen LogP contribution in [0.4, 0.5) is 0 Å². The van der Waals surface area contributed by atoms with Gasteiger partial charge in [-0.15, -0.1) is 0 Å². The molecule has 1 fully saturated rings. The van der Waals surface area contributed by atoms with E-state index in [2.05, 4.69) is 37.9 Å². The van der Waals surface area contributed by atoms with Crippen LogP contribution in [0.1, 0.15) is 41.6 Å². The Hall–Kier alpha value is -1.85. The molecule has 1 aromatic heterocycles. The Morgan fingerprint density at radius 3 is 2.67 bits per heavy atom. The van der Waals surface area contributed by atoms with Crippen molar-refractivity contribution in [1.29, 1.82) is 0 Å². The number of carbonyl (C=O) groups excluding carboxylic acids is 1. The number of rotatable bonds is 4. The molecule has 1 aromatic carbocycles. The Morgan fingerprint density at radius 1 is 1.22 bits per heavy atom. The molecule has 1 aliphatic heterocycles. The number of hydrogen-bond acceptors (Lipinski definition) is 3. The molecular formula is C22H33N3O2. The topological polar surface area (TPSA) is 59.6 Å². The third-order valence-electron chi connectivity index (χ3n) is 5.78. The largest absolute Gasteiger partial charge is 0.388 e. The molecule has 0 saturated carbocycles. The van der Waals surface area contributed by atoms with E-state index in [1.165, 1.54) is 11.1 Å². The van der Waals surface area contributed by atoms with Crippen molar-refractivity contribution in [3.63, 3.8) is 0 Å². The van der Waals surface area contributed by atoms with E-state index in [9.17, 15) is 9.90 Å². The predicted octanol–water partition coefficient (Wildman–Crippen LogP) is 2.94. The van der Waals surface area contributed by atoms with Crippen molar-refractivity contribution < 1.29 is 9.90 Å². The zero-order chi connectivity index (χ0) is 19.8. The highest BCUT2D eigenvalue weighted by Gasteiger charge is 2.32. The first-order valence-electron chi connectivity index (χ1n) is 9.92. The van der Waals surface area contributed by atoms with Crippen molar-refractivity contribution in [3.05, 3.63) is 34.5 Å². The Balaban J connectivity index is 1.76. The molecule has 0 unspecified atom stereocenters. The fourth-order valence-corrected chi connectivity index (χ4v) is 4.50. The maximum Gasteiger partial charge on any atom is 0.227 e. The smallest absolute Gasteiger partial charge is 0.227 e. The number of nitrogens with zero attached hydrogens (tertiary/aromatic N) is 2. The molecule has 1 aliphatic rings. The van der Waals surface area contributed by atoms with Crippen LogP contribution in [-0.2, 0) is 11.2 Å². The molecule has 1 atom stereocenters. The number of hydrogen-bond donors (Lipinski definition) is 2. The summed E-state index contributed by atoms with van der Waals surface area (Å²) in [7, 11) is 3.96. The van der Waals surface area contributed by atoms with Crippen molar-refractivity contribution in [3.8, 4) is 0 Å². The normalized spacial score (nSPS) is 21.1. The summed E-state index contributed by atoms with van der Waals surface area (Å²) in [5, 5.41) is 12.0. The zero-order valence-corrected chi connectivity index (χ0v) is 17.4. The van der Waals surface area contributed by atoms with Gasteiger partial charge >= 0.3 is 0 Å². The van der Waals surface area contributed by atoms with Crippen LogP contribution in [0.25, 0.3) is 10.9 Å². The van der Waals surface area contributed by atoms with Crippen LogP contribution < -0.4 is 0 Å². The van der Waals surface area contributed by atoms with E-state index in [0.29, 0.717) is 25.9 Å². The van der Waals surface area contributed by atoms with E-state index in [-0.39, 0.29) is 5.91 Å². The fraction of sp³-hybridized carbons (Fsp3) is 0.591. The monoisotopic (exact) mass is 371 g/mol. The lowest BCUT2D eigenvalue weighted by Crippen LogP contribution is -2.41. The van der Waals surface area contributed by atoms with Gasteiger partial charge in [0.25, 0.3) is 0 Å². The maximum atomic E-state index is 13.0. The van der Waals surface area contributed by atoms with Gasteiger partial charge < -0.3 is 19.9 Å². The first kappa shape index (κ1) is 19.9. The lowest BCUT2D eigenvalue weighted by molar-refractivity contribution is -0.130. The number of benzene rings is 1. The quantitative estimate of drug-likeness (QED) is 0.869. The summed E-state index contributed by atoms with van der Waals surface area (Å²) in [5.74, 6) is 0.160. The minimum atomic E-state index is -0.691. The molecule has 0 radical (unpaired) electrons. The first-order chi connectivity index (χ1) is 12.7. The maximum absolute atomic E-state index is 13.0. The van der Waals surface area contributed by atoms with Crippen LogP contribution >= 0.6 is 0 Å². The van der Waals surface area contributed by atoms with Gasteiger partial charge in [-0.25, -0.2) is 0 Å². The molecule has 5 heteroatoms. The van der Waals surface area contributed by atoms with Crippen LogP contribution in [-0.4, -0.2) is 65.1 Å². The second kappa shape index (κ2) is 7.64. The predicted molar refractivity (Wildman–Crippen MR) is 110 cm³/mol. The summed E-state index contributed by atoms with van der Waals surface area (Å²) in [4.78, 5) is 20.5. The van der Waals surface area contributed by atoms with E-state index in [0.717, 1.165) is 41.5 Å². The molecule has 2 heterocycles. The summed E-state index contributed by atoms with van der Waals surface area (Å²) in [6.07, 6.45) is 2.66. The molecule has 3 rings (SSSR count). The SMILES string of the molecule is Cc1cc(C)c2[nH]c(C)c(CC(=O)N3CCC[C@@](O)(CN(C)C)CC3)c2c1. The van der Waals surface area contributed by atoms with Gasteiger partial charge in [-0.1, -0.05) is 11.6 Å². The van der Waals surface area contributed by atoms with Gasteiger partial charge in [-0.05, 0) is 71.3 Å². The Morgan fingerprint density at radius 2 is 1.96 bits per heavy atom. The average Bonchev–Trinajstić information content (AvgIpc) is 2.74. The number of aryl methyl sites for hydroxylation is 3. The minimum absolute atomic E-state index is 0.160. The molecule has 1 amide bonds. The Kier molecular flexibility index (Phi) is 5.63. The summed E-state index contributed by atoms with van der Waals surface area (Å²) < 4.78 is 0. The van der Waals surface area contributed by atoms with Crippen LogP contribution in [0.2, 0.25) is 0 Å². The second-order valence-corrected chi connectivity index (χ2v) is 8.61. The third-order valence-corrected chi connectivity index (χ3v) is 5.78. The van der Waals surface area contributed by atoms with Crippen LogP contribution in [0.5, 0.6) is 0 Å². The standard InChI is InChI=1S/C22H33N3O2/c1-15-11-16(2)21-19(12-15)18(17(3)23-21)13-20(26)25-9-6-7-22(27,8-10-25)14-24(4)5/h11-12,23,27H,6-10,13-14H2,1-5H3/t22-/m0/s1. The molecule has 27 heavy (non-hydrogen) atoms. The molecule has 2 N–H and O–H groups in total. The molecule has 0 bridgehead atoms. The number of H-pyrrole nitrogens is 1. The summed E-state index contributed by atoms with van der Waals surface area (Å²) in [6.45, 7) is 8.26. The number of fused-ring (bicyclic) bond motifs is 1. The van der Waals surface area contributed by atoms with Gasteiger partial charge in [0, 0.05) is 36.2 Å². The number of aliphatic hydroxyl groups is 1. The molecule has 2 aromatic rings.